The maximum Gasteiger partial charge on any atom is 0.310 e. The van der Waals surface area contributed by atoms with Gasteiger partial charge in [0.2, 0.25) is 0 Å². The Bertz CT molecular complexity index is 627. The summed E-state index contributed by atoms with van der Waals surface area (Å²) in [6, 6.07) is 4.75. The highest BCUT2D eigenvalue weighted by molar-refractivity contribution is 8.18. The van der Waals surface area contributed by atoms with Gasteiger partial charge in [0.1, 0.15) is 5.75 Å². The second kappa shape index (κ2) is 6.11. The van der Waals surface area contributed by atoms with E-state index in [0.717, 1.165) is 11.8 Å². The van der Waals surface area contributed by atoms with Crippen molar-refractivity contribution in [2.24, 2.45) is 0 Å². The average Bonchev–Trinajstić information content (AvgIpc) is 2.71. The lowest BCUT2D eigenvalue weighted by molar-refractivity contribution is -0.134. The standard InChI is InChI=1S/C13H10ClNO4S/c1-2-11(16)19-9-4-3-7(5-8(9)14)6-10-12(17)15-13(18)20-10/h3-6H,2H2,1H3,(H,15,17,18)/b10-6-. The van der Waals surface area contributed by atoms with E-state index in [1.807, 2.05) is 0 Å². The van der Waals surface area contributed by atoms with E-state index in [2.05, 4.69) is 5.32 Å². The molecule has 20 heavy (non-hydrogen) atoms. The molecule has 1 aliphatic heterocycles. The van der Waals surface area contributed by atoms with Crippen molar-refractivity contribution in [3.05, 3.63) is 33.7 Å². The van der Waals surface area contributed by atoms with E-state index in [-0.39, 0.29) is 23.2 Å². The van der Waals surface area contributed by atoms with Gasteiger partial charge in [0.15, 0.2) is 0 Å². The Morgan fingerprint density at radius 3 is 2.75 bits per heavy atom. The Balaban J connectivity index is 2.21. The van der Waals surface area contributed by atoms with Gasteiger partial charge in [-0.25, -0.2) is 0 Å². The van der Waals surface area contributed by atoms with Crippen LogP contribution in [0.3, 0.4) is 0 Å². The van der Waals surface area contributed by atoms with Gasteiger partial charge in [0.05, 0.1) is 9.93 Å². The largest absolute Gasteiger partial charge is 0.425 e. The van der Waals surface area contributed by atoms with E-state index >= 15 is 0 Å². The molecule has 0 atom stereocenters. The van der Waals surface area contributed by atoms with Gasteiger partial charge < -0.3 is 4.74 Å². The zero-order chi connectivity index (χ0) is 14.7. The lowest BCUT2D eigenvalue weighted by Crippen LogP contribution is -2.17. The number of esters is 1. The summed E-state index contributed by atoms with van der Waals surface area (Å²) >= 11 is 6.83. The SMILES string of the molecule is CCC(=O)Oc1ccc(/C=C2\SC(=O)NC2=O)cc1Cl. The maximum atomic E-state index is 11.4. The summed E-state index contributed by atoms with van der Waals surface area (Å²) in [5, 5.41) is 2.02. The van der Waals surface area contributed by atoms with E-state index in [0.29, 0.717) is 10.5 Å². The number of carbonyl (C=O) groups excluding carboxylic acids is 3. The summed E-state index contributed by atoms with van der Waals surface area (Å²) in [5.74, 6) is -0.549. The third kappa shape index (κ3) is 3.40. The molecule has 1 N–H and O–H groups in total. The molecule has 1 aromatic carbocycles. The number of halogens is 1. The Hall–Kier alpha value is -1.79. The van der Waals surface area contributed by atoms with Crippen LogP contribution in [0.25, 0.3) is 6.08 Å². The lowest BCUT2D eigenvalue weighted by Gasteiger charge is -2.05. The molecule has 1 aromatic rings. The van der Waals surface area contributed by atoms with Crippen LogP contribution in [0.5, 0.6) is 5.75 Å². The molecule has 1 saturated heterocycles. The summed E-state index contributed by atoms with van der Waals surface area (Å²) in [7, 11) is 0. The van der Waals surface area contributed by atoms with Gasteiger partial charge in [0, 0.05) is 6.42 Å². The first-order chi connectivity index (χ1) is 9.49. The molecule has 0 spiro atoms. The summed E-state index contributed by atoms with van der Waals surface area (Å²) in [5.41, 5.74) is 0.638. The van der Waals surface area contributed by atoms with Crippen molar-refractivity contribution < 1.29 is 19.1 Å². The normalized spacial score (nSPS) is 16.4. The van der Waals surface area contributed by atoms with Crippen molar-refractivity contribution in [1.29, 1.82) is 0 Å². The highest BCUT2D eigenvalue weighted by Gasteiger charge is 2.24. The molecule has 2 amide bonds. The summed E-state index contributed by atoms with van der Waals surface area (Å²) < 4.78 is 5.03. The number of amides is 2. The predicted molar refractivity (Wildman–Crippen MR) is 76.5 cm³/mol. The molecule has 0 aromatic heterocycles. The predicted octanol–water partition coefficient (Wildman–Crippen LogP) is 2.98. The third-order valence-electron chi connectivity index (χ3n) is 2.41. The van der Waals surface area contributed by atoms with Gasteiger partial charge >= 0.3 is 5.97 Å². The van der Waals surface area contributed by atoms with Crippen LogP contribution in [0.4, 0.5) is 4.79 Å². The Morgan fingerprint density at radius 2 is 2.20 bits per heavy atom. The fraction of sp³-hybridized carbons (Fsp3) is 0.154. The number of nitrogens with one attached hydrogen (secondary N) is 1. The number of ether oxygens (including phenoxy) is 1. The van der Waals surface area contributed by atoms with Crippen molar-refractivity contribution in [2.75, 3.05) is 0 Å². The number of hydrogen-bond donors (Lipinski definition) is 1. The van der Waals surface area contributed by atoms with Crippen LogP contribution in [-0.4, -0.2) is 17.1 Å². The first-order valence-corrected chi connectivity index (χ1v) is 6.94. The lowest BCUT2D eigenvalue weighted by atomic mass is 10.2. The van der Waals surface area contributed by atoms with Gasteiger partial charge in [-0.1, -0.05) is 24.6 Å². The van der Waals surface area contributed by atoms with Crippen LogP contribution >= 0.6 is 23.4 Å². The molecule has 0 unspecified atom stereocenters. The molecule has 0 aliphatic carbocycles. The molecule has 7 heteroatoms. The molecule has 2 rings (SSSR count). The highest BCUT2D eigenvalue weighted by Crippen LogP contribution is 2.30. The van der Waals surface area contributed by atoms with Crippen LogP contribution in [0.1, 0.15) is 18.9 Å². The first kappa shape index (κ1) is 14.6. The average molecular weight is 312 g/mol. The van der Waals surface area contributed by atoms with Crippen molar-refractivity contribution in [3.63, 3.8) is 0 Å². The van der Waals surface area contributed by atoms with E-state index < -0.39 is 11.1 Å². The molecule has 0 bridgehead atoms. The molecule has 104 valence electrons. The van der Waals surface area contributed by atoms with Crippen molar-refractivity contribution in [3.8, 4) is 5.75 Å². The minimum Gasteiger partial charge on any atom is -0.425 e. The molecule has 0 saturated carbocycles. The monoisotopic (exact) mass is 311 g/mol. The number of thioether (sulfide) groups is 1. The summed E-state index contributed by atoms with van der Waals surface area (Å²) in [4.78, 5) is 33.9. The Labute approximate surface area is 124 Å². The minimum absolute atomic E-state index is 0.251. The maximum absolute atomic E-state index is 11.4. The van der Waals surface area contributed by atoms with Crippen LogP contribution in [0.15, 0.2) is 23.1 Å². The third-order valence-corrected chi connectivity index (χ3v) is 3.51. The number of imide groups is 1. The quantitative estimate of drug-likeness (QED) is 0.528. The Kier molecular flexibility index (Phi) is 4.46. The van der Waals surface area contributed by atoms with Gasteiger partial charge in [0.25, 0.3) is 11.1 Å². The molecular formula is C13H10ClNO4S. The van der Waals surface area contributed by atoms with Crippen LogP contribution < -0.4 is 10.1 Å². The zero-order valence-electron chi connectivity index (χ0n) is 10.4. The fourth-order valence-electron chi connectivity index (χ4n) is 1.46. The second-order valence-electron chi connectivity index (χ2n) is 3.87. The zero-order valence-corrected chi connectivity index (χ0v) is 12.0. The smallest absolute Gasteiger partial charge is 0.310 e. The second-order valence-corrected chi connectivity index (χ2v) is 5.29. The Morgan fingerprint density at radius 1 is 1.45 bits per heavy atom. The van der Waals surface area contributed by atoms with E-state index in [4.69, 9.17) is 16.3 Å². The first-order valence-electron chi connectivity index (χ1n) is 5.74. The van der Waals surface area contributed by atoms with E-state index in [1.165, 1.54) is 0 Å². The van der Waals surface area contributed by atoms with Crippen molar-refractivity contribution >= 4 is 46.6 Å². The van der Waals surface area contributed by atoms with Gasteiger partial charge in [-0.15, -0.1) is 0 Å². The van der Waals surface area contributed by atoms with Crippen molar-refractivity contribution in [2.45, 2.75) is 13.3 Å². The van der Waals surface area contributed by atoms with E-state index in [1.54, 1.807) is 31.2 Å². The molecule has 1 heterocycles. The minimum atomic E-state index is -0.433. The van der Waals surface area contributed by atoms with Crippen molar-refractivity contribution in [1.82, 2.24) is 5.32 Å². The van der Waals surface area contributed by atoms with Crippen LogP contribution in [-0.2, 0) is 9.59 Å². The van der Waals surface area contributed by atoms with E-state index in [9.17, 15) is 14.4 Å². The molecule has 1 aliphatic rings. The van der Waals surface area contributed by atoms with Crippen LogP contribution in [0.2, 0.25) is 5.02 Å². The molecule has 0 radical (unpaired) electrons. The molecular weight excluding hydrogens is 302 g/mol. The highest BCUT2D eigenvalue weighted by atomic mass is 35.5. The molecule has 5 nitrogen and oxygen atoms in total. The summed E-state index contributed by atoms with van der Waals surface area (Å²) in [6.45, 7) is 1.68. The van der Waals surface area contributed by atoms with Crippen LogP contribution in [0, 0.1) is 0 Å². The topological polar surface area (TPSA) is 72.5 Å². The van der Waals surface area contributed by atoms with Gasteiger partial charge in [-0.3, -0.25) is 19.7 Å². The number of rotatable bonds is 3. The summed E-state index contributed by atoms with van der Waals surface area (Å²) in [6.07, 6.45) is 1.79. The van der Waals surface area contributed by atoms with Gasteiger partial charge in [-0.2, -0.15) is 0 Å². The number of carbonyl (C=O) groups is 3. The number of benzene rings is 1. The molecule has 1 fully saturated rings. The van der Waals surface area contributed by atoms with Gasteiger partial charge in [-0.05, 0) is 35.5 Å². The fourth-order valence-corrected chi connectivity index (χ4v) is 2.37. The number of hydrogen-bond acceptors (Lipinski definition) is 5.